The van der Waals surface area contributed by atoms with Crippen LogP contribution >= 0.6 is 0 Å². The largest absolute Gasteiger partial charge is 0.338 e. The molecule has 1 heteroatoms. The maximum Gasteiger partial charge on any atom is 0.0490 e. The van der Waals surface area contributed by atoms with Gasteiger partial charge in [-0.3, -0.25) is 0 Å². The highest BCUT2D eigenvalue weighted by atomic mass is 15.0. The summed E-state index contributed by atoms with van der Waals surface area (Å²) in [6.45, 7) is 12.8. The highest BCUT2D eigenvalue weighted by Crippen LogP contribution is 2.31. The summed E-state index contributed by atoms with van der Waals surface area (Å²) in [5.41, 5.74) is 5.15. The summed E-state index contributed by atoms with van der Waals surface area (Å²) < 4.78 is 2.41. The van der Waals surface area contributed by atoms with Crippen LogP contribution in [0.5, 0.6) is 0 Å². The molecule has 0 aliphatic heterocycles. The van der Waals surface area contributed by atoms with Crippen LogP contribution in [0.2, 0.25) is 0 Å². The molecule has 1 rings (SSSR count). The molecule has 0 spiro atoms. The summed E-state index contributed by atoms with van der Waals surface area (Å²) in [5, 5.41) is 0. The normalized spacial score (nSPS) is 13.2. The summed E-state index contributed by atoms with van der Waals surface area (Å²) in [6.07, 6.45) is 17.3. The molecule has 0 aliphatic rings. The lowest BCUT2D eigenvalue weighted by atomic mass is 10.1. The van der Waals surface area contributed by atoms with Crippen molar-refractivity contribution in [3.8, 4) is 0 Å². The first kappa shape index (κ1) is 16.3. The molecule has 0 fully saturated rings. The Bertz CT molecular complexity index is 503. The van der Waals surface area contributed by atoms with Gasteiger partial charge >= 0.3 is 0 Å². The molecular weight excluding hydrogens is 242 g/mol. The third-order valence-corrected chi connectivity index (χ3v) is 3.19. The molecule has 0 amide bonds. The van der Waals surface area contributed by atoms with Crippen molar-refractivity contribution >= 4 is 24.3 Å². The first-order valence-corrected chi connectivity index (χ1v) is 7.41. The number of aromatic nitrogens is 1. The van der Waals surface area contributed by atoms with Crippen LogP contribution in [-0.2, 0) is 0 Å². The third-order valence-electron chi connectivity index (χ3n) is 3.19. The Labute approximate surface area is 124 Å². The van der Waals surface area contributed by atoms with Crippen molar-refractivity contribution < 1.29 is 0 Å². The van der Waals surface area contributed by atoms with E-state index in [9.17, 15) is 0 Å². The van der Waals surface area contributed by atoms with E-state index in [0.717, 1.165) is 0 Å². The van der Waals surface area contributed by atoms with Gasteiger partial charge in [0.1, 0.15) is 0 Å². The van der Waals surface area contributed by atoms with Gasteiger partial charge in [-0.25, -0.2) is 0 Å². The predicted octanol–water partition coefficient (Wildman–Crippen LogP) is 6.20. The molecule has 0 aliphatic carbocycles. The fraction of sp³-hybridized carbons (Fsp3) is 0.368. The summed E-state index contributed by atoms with van der Waals surface area (Å²) in [7, 11) is 0. The lowest BCUT2D eigenvalue weighted by molar-refractivity contribution is 0.594. The zero-order chi connectivity index (χ0) is 15.1. The van der Waals surface area contributed by atoms with Gasteiger partial charge in [0.15, 0.2) is 0 Å². The van der Waals surface area contributed by atoms with E-state index in [-0.39, 0.29) is 0 Å². The summed E-state index contributed by atoms with van der Waals surface area (Å²) >= 11 is 0. The fourth-order valence-corrected chi connectivity index (χ4v) is 2.56. The Morgan fingerprint density at radius 1 is 0.650 bits per heavy atom. The zero-order valence-electron chi connectivity index (χ0n) is 13.6. The van der Waals surface area contributed by atoms with Crippen molar-refractivity contribution in [2.75, 3.05) is 0 Å². The van der Waals surface area contributed by atoms with Gasteiger partial charge in [-0.1, -0.05) is 36.5 Å². The molecule has 1 aromatic rings. The molecule has 0 bridgehead atoms. The Kier molecular flexibility index (Phi) is 6.30. The standard InChI is InChI=1S/C19H27N/c1-7-11-16-17(12-8-2)19(14-10-4)20(15(5)6)18(16)13-9-3/h7-15H,1-6H3/b11-7-,12-8-,13-9-,14-10-. The summed E-state index contributed by atoms with van der Waals surface area (Å²) in [6, 6.07) is 0.426. The molecular formula is C19H27N. The molecule has 20 heavy (non-hydrogen) atoms. The fourth-order valence-electron chi connectivity index (χ4n) is 2.56. The molecule has 0 saturated carbocycles. The molecule has 0 atom stereocenters. The Balaban J connectivity index is 3.83. The van der Waals surface area contributed by atoms with E-state index < -0.39 is 0 Å². The third kappa shape index (κ3) is 3.22. The number of allylic oxidation sites excluding steroid dienone is 4. The van der Waals surface area contributed by atoms with Crippen molar-refractivity contribution in [3.63, 3.8) is 0 Å². The first-order chi connectivity index (χ1) is 9.62. The van der Waals surface area contributed by atoms with Gasteiger partial charge in [0.25, 0.3) is 0 Å². The number of nitrogens with zero attached hydrogens (tertiary/aromatic N) is 1. The van der Waals surface area contributed by atoms with Crippen LogP contribution in [0.15, 0.2) is 24.3 Å². The number of hydrogen-bond acceptors (Lipinski definition) is 0. The first-order valence-electron chi connectivity index (χ1n) is 7.41. The van der Waals surface area contributed by atoms with Crippen LogP contribution in [0.3, 0.4) is 0 Å². The highest BCUT2D eigenvalue weighted by Gasteiger charge is 2.17. The predicted molar refractivity (Wildman–Crippen MR) is 93.6 cm³/mol. The van der Waals surface area contributed by atoms with Gasteiger partial charge < -0.3 is 4.57 Å². The Morgan fingerprint density at radius 3 is 1.25 bits per heavy atom. The summed E-state index contributed by atoms with van der Waals surface area (Å²) in [4.78, 5) is 0. The van der Waals surface area contributed by atoms with Crippen LogP contribution in [0.1, 0.15) is 70.1 Å². The van der Waals surface area contributed by atoms with E-state index in [0.29, 0.717) is 6.04 Å². The minimum atomic E-state index is 0.426. The van der Waals surface area contributed by atoms with Crippen molar-refractivity contribution in [3.05, 3.63) is 46.8 Å². The minimum Gasteiger partial charge on any atom is -0.338 e. The maximum absolute atomic E-state index is 2.41. The van der Waals surface area contributed by atoms with Crippen LogP contribution in [0.4, 0.5) is 0 Å². The average Bonchev–Trinajstić information content (AvgIpc) is 2.67. The maximum atomic E-state index is 2.41. The van der Waals surface area contributed by atoms with Crippen molar-refractivity contribution in [2.24, 2.45) is 0 Å². The quantitative estimate of drug-likeness (QED) is 0.599. The monoisotopic (exact) mass is 269 g/mol. The second kappa shape index (κ2) is 7.74. The Hall–Kier alpha value is -1.76. The van der Waals surface area contributed by atoms with E-state index in [2.05, 4.69) is 94.7 Å². The van der Waals surface area contributed by atoms with Crippen molar-refractivity contribution in [1.29, 1.82) is 0 Å². The molecule has 1 nitrogen and oxygen atoms in total. The molecule has 0 unspecified atom stereocenters. The van der Waals surface area contributed by atoms with Gasteiger partial charge in [-0.15, -0.1) is 0 Å². The number of hydrogen-bond donors (Lipinski definition) is 0. The van der Waals surface area contributed by atoms with Crippen LogP contribution in [-0.4, -0.2) is 4.57 Å². The SMILES string of the molecule is C/C=C\c1c(/C=C\C)c(/C=C\C)n(C(C)C)c1/C=C\C. The van der Waals surface area contributed by atoms with E-state index in [1.165, 1.54) is 22.5 Å². The topological polar surface area (TPSA) is 4.93 Å². The van der Waals surface area contributed by atoms with Crippen LogP contribution in [0, 0.1) is 0 Å². The van der Waals surface area contributed by atoms with Crippen molar-refractivity contribution in [1.82, 2.24) is 4.57 Å². The van der Waals surface area contributed by atoms with E-state index in [4.69, 9.17) is 0 Å². The van der Waals surface area contributed by atoms with Gasteiger partial charge in [-0.05, 0) is 53.7 Å². The molecule has 0 N–H and O–H groups in total. The van der Waals surface area contributed by atoms with E-state index in [1.54, 1.807) is 0 Å². The minimum absolute atomic E-state index is 0.426. The lowest BCUT2D eigenvalue weighted by Crippen LogP contribution is -2.05. The van der Waals surface area contributed by atoms with E-state index in [1.807, 2.05) is 0 Å². The van der Waals surface area contributed by atoms with Gasteiger partial charge in [0, 0.05) is 28.6 Å². The van der Waals surface area contributed by atoms with Crippen molar-refractivity contribution in [2.45, 2.75) is 47.6 Å². The van der Waals surface area contributed by atoms with Gasteiger partial charge in [0.2, 0.25) is 0 Å². The van der Waals surface area contributed by atoms with E-state index >= 15 is 0 Å². The smallest absolute Gasteiger partial charge is 0.0490 e. The second-order valence-corrected chi connectivity index (χ2v) is 5.06. The van der Waals surface area contributed by atoms with Gasteiger partial charge in [0.05, 0.1) is 0 Å². The summed E-state index contributed by atoms with van der Waals surface area (Å²) in [5.74, 6) is 0. The zero-order valence-corrected chi connectivity index (χ0v) is 13.6. The Morgan fingerprint density at radius 2 is 1.00 bits per heavy atom. The molecule has 0 aromatic carbocycles. The molecule has 0 radical (unpaired) electrons. The molecule has 1 heterocycles. The molecule has 1 aromatic heterocycles. The molecule has 0 saturated heterocycles. The van der Waals surface area contributed by atoms with Crippen LogP contribution in [0.25, 0.3) is 24.3 Å². The lowest BCUT2D eigenvalue weighted by Gasteiger charge is -2.14. The average molecular weight is 269 g/mol. The second-order valence-electron chi connectivity index (χ2n) is 5.06. The highest BCUT2D eigenvalue weighted by molar-refractivity contribution is 5.79. The molecule has 108 valence electrons. The van der Waals surface area contributed by atoms with Gasteiger partial charge in [-0.2, -0.15) is 0 Å². The van der Waals surface area contributed by atoms with Crippen LogP contribution < -0.4 is 0 Å². The number of rotatable bonds is 5.